The number of nitrogens with zero attached hydrogens (tertiary/aromatic N) is 2. The summed E-state index contributed by atoms with van der Waals surface area (Å²) in [5.41, 5.74) is 0.520. The van der Waals surface area contributed by atoms with Gasteiger partial charge in [0.05, 0.1) is 16.0 Å². The molecule has 0 unspecified atom stereocenters. The van der Waals surface area contributed by atoms with E-state index in [1.54, 1.807) is 13.0 Å². The van der Waals surface area contributed by atoms with Gasteiger partial charge in [-0.2, -0.15) is 21.9 Å². The second-order valence-corrected chi connectivity index (χ2v) is 9.76. The van der Waals surface area contributed by atoms with Gasteiger partial charge >= 0.3 is 0 Å². The van der Waals surface area contributed by atoms with Gasteiger partial charge < -0.3 is 15.5 Å². The zero-order chi connectivity index (χ0) is 24.7. The van der Waals surface area contributed by atoms with Crippen molar-refractivity contribution in [3.05, 3.63) is 42.0 Å². The number of carbonyl (C=O) groups is 1. The van der Waals surface area contributed by atoms with E-state index in [2.05, 4.69) is 15.5 Å². The second kappa shape index (κ2) is 11.6. The predicted molar refractivity (Wildman–Crippen MR) is 128 cm³/mol. The quantitative estimate of drug-likeness (QED) is 0.183. The van der Waals surface area contributed by atoms with Gasteiger partial charge in [0.15, 0.2) is 5.75 Å². The molecule has 0 saturated carbocycles. The van der Waals surface area contributed by atoms with Crippen LogP contribution in [0.3, 0.4) is 0 Å². The zero-order valence-corrected chi connectivity index (χ0v) is 24.6. The van der Waals surface area contributed by atoms with Crippen LogP contribution in [0.25, 0.3) is 10.8 Å². The zero-order valence-electron chi connectivity index (χ0n) is 19.0. The minimum absolute atomic E-state index is 0. The number of benzene rings is 3. The summed E-state index contributed by atoms with van der Waals surface area (Å²) in [6.07, 6.45) is 0. The number of hydrogen-bond acceptors (Lipinski definition) is 9. The monoisotopic (exact) mass is 541 g/mol. The van der Waals surface area contributed by atoms with Gasteiger partial charge in [-0.3, -0.25) is 13.9 Å². The first-order valence-corrected chi connectivity index (χ1v) is 11.8. The van der Waals surface area contributed by atoms with Gasteiger partial charge in [0.1, 0.15) is 16.3 Å². The molecule has 0 fully saturated rings. The van der Waals surface area contributed by atoms with Crippen LogP contribution in [0.15, 0.2) is 56.4 Å². The van der Waals surface area contributed by atoms with Crippen molar-refractivity contribution in [1.29, 1.82) is 0 Å². The molecule has 0 aliphatic carbocycles. The van der Waals surface area contributed by atoms with Crippen LogP contribution < -0.4 is 5.32 Å². The van der Waals surface area contributed by atoms with Gasteiger partial charge in [0.25, 0.3) is 20.2 Å². The minimum Gasteiger partial charge on any atom is -0.507 e. The van der Waals surface area contributed by atoms with E-state index in [1.807, 2.05) is 0 Å². The summed E-state index contributed by atoms with van der Waals surface area (Å²) in [5.74, 6) is -2.00. The van der Waals surface area contributed by atoms with Gasteiger partial charge in [-0.15, -0.1) is 5.11 Å². The summed E-state index contributed by atoms with van der Waals surface area (Å²) in [7, 11) is -9.77. The van der Waals surface area contributed by atoms with E-state index in [1.165, 1.54) is 19.1 Å². The maximum atomic E-state index is 11.9. The molecule has 0 aliphatic rings. The maximum absolute atomic E-state index is 11.9. The molecule has 3 aromatic rings. The van der Waals surface area contributed by atoms with Crippen LogP contribution in [0.4, 0.5) is 17.1 Å². The summed E-state index contributed by atoms with van der Waals surface area (Å²) in [6.45, 7) is 2.96. The Bertz CT molecular complexity index is 1560. The summed E-state index contributed by atoms with van der Waals surface area (Å²) in [4.78, 5) is 9.48. The Balaban J connectivity index is 0.00000306. The third kappa shape index (κ3) is 7.22. The molecule has 3 aromatic carbocycles. The van der Waals surface area contributed by atoms with E-state index in [-0.39, 0.29) is 81.5 Å². The average Bonchev–Trinajstić information content (AvgIpc) is 2.65. The van der Waals surface area contributed by atoms with Crippen LogP contribution in [0, 0.1) is 6.92 Å². The average molecular weight is 541 g/mol. The molecule has 12 nitrogen and oxygen atoms in total. The largest absolute Gasteiger partial charge is 0.507 e. The molecule has 35 heavy (non-hydrogen) atoms. The van der Waals surface area contributed by atoms with Crippen molar-refractivity contribution in [2.45, 2.75) is 23.6 Å². The number of amides is 1. The number of rotatable bonds is 5. The number of hydrogen-bond donors (Lipinski definition) is 5. The van der Waals surface area contributed by atoms with Gasteiger partial charge in [0.2, 0.25) is 5.91 Å². The first kappa shape index (κ1) is 31.4. The fraction of sp³-hybridized carbons (Fsp3) is 0.105. The molecule has 0 heterocycles. The van der Waals surface area contributed by atoms with Crippen LogP contribution in [-0.4, -0.2) is 101 Å². The predicted octanol–water partition coefficient (Wildman–Crippen LogP) is 2.67. The van der Waals surface area contributed by atoms with Gasteiger partial charge in [0, 0.05) is 77.8 Å². The molecule has 0 spiro atoms. The Morgan fingerprint density at radius 1 is 0.914 bits per heavy atom. The van der Waals surface area contributed by atoms with Crippen molar-refractivity contribution in [3.63, 3.8) is 0 Å². The maximum Gasteiger partial charge on any atom is 0.296 e. The van der Waals surface area contributed by atoms with Crippen LogP contribution in [0.2, 0.25) is 0 Å². The molecule has 0 bridgehead atoms. The van der Waals surface area contributed by atoms with Crippen LogP contribution in [0.1, 0.15) is 12.5 Å². The molecular weight excluding hydrogens is 524 g/mol. The molecule has 0 aromatic heterocycles. The van der Waals surface area contributed by atoms with Crippen molar-refractivity contribution < 1.29 is 40.9 Å². The number of aromatic hydroxyl groups is 2. The van der Waals surface area contributed by atoms with Crippen molar-refractivity contribution in [2.75, 3.05) is 5.32 Å². The standard InChI is InChI=1S/C19H17N3O9S2.2Na/c1-9-5-12(20-10(2)23)3-4-14(9)21-22-18-16(33(29,30)31)7-11-6-13(32(26,27)28)8-15(24)17(11)19(18)25;;/h3-8,24-25H,1-2H3,(H,20,23)(H,26,27,28)(H,29,30,31);;. The molecule has 1 amide bonds. The van der Waals surface area contributed by atoms with Crippen LogP contribution >= 0.6 is 0 Å². The first-order chi connectivity index (χ1) is 15.2. The number of aryl methyl sites for hydroxylation is 1. The molecule has 5 N–H and O–H groups in total. The van der Waals surface area contributed by atoms with E-state index in [0.29, 0.717) is 17.3 Å². The topological polar surface area (TPSA) is 203 Å². The van der Waals surface area contributed by atoms with Crippen LogP contribution in [0.5, 0.6) is 11.5 Å². The smallest absolute Gasteiger partial charge is 0.296 e. The van der Waals surface area contributed by atoms with Gasteiger partial charge in [-0.25, -0.2) is 0 Å². The number of nitrogens with one attached hydrogen (secondary N) is 1. The van der Waals surface area contributed by atoms with Gasteiger partial charge in [-0.1, -0.05) is 0 Å². The fourth-order valence-corrected chi connectivity index (χ4v) is 4.23. The Labute approximate surface area is 244 Å². The van der Waals surface area contributed by atoms with Crippen molar-refractivity contribution in [3.8, 4) is 11.5 Å². The van der Waals surface area contributed by atoms with E-state index in [0.717, 1.165) is 12.1 Å². The Morgan fingerprint density at radius 2 is 1.54 bits per heavy atom. The molecule has 0 saturated heterocycles. The third-order valence-corrected chi connectivity index (χ3v) is 6.15. The van der Waals surface area contributed by atoms with Crippen LogP contribution in [-0.2, 0) is 25.0 Å². The van der Waals surface area contributed by atoms with Crippen molar-refractivity contribution >= 4 is 113 Å². The van der Waals surface area contributed by atoms with Gasteiger partial charge in [-0.05, 0) is 48.2 Å². The summed E-state index contributed by atoms with van der Waals surface area (Å²) in [6, 6.07) is 6.75. The minimum atomic E-state index is -5.00. The van der Waals surface area contributed by atoms with Crippen molar-refractivity contribution in [2.24, 2.45) is 10.2 Å². The van der Waals surface area contributed by atoms with Crippen molar-refractivity contribution in [1.82, 2.24) is 0 Å². The number of azo groups is 1. The number of fused-ring (bicyclic) bond motifs is 1. The molecule has 2 radical (unpaired) electrons. The first-order valence-electron chi connectivity index (χ1n) is 8.96. The number of anilines is 1. The summed E-state index contributed by atoms with van der Waals surface area (Å²) in [5, 5.41) is 30.3. The van der Waals surface area contributed by atoms with E-state index in [4.69, 9.17) is 0 Å². The fourth-order valence-electron chi connectivity index (χ4n) is 3.03. The number of phenols is 2. The number of carbonyl (C=O) groups excluding carboxylic acids is 1. The Kier molecular flexibility index (Phi) is 10.5. The third-order valence-electron chi connectivity index (χ3n) is 4.45. The second-order valence-electron chi connectivity index (χ2n) is 6.95. The molecule has 176 valence electrons. The normalized spacial score (nSPS) is 11.7. The van der Waals surface area contributed by atoms with E-state index in [9.17, 15) is 40.9 Å². The van der Waals surface area contributed by atoms with E-state index >= 15 is 0 Å². The molecule has 0 atom stereocenters. The summed E-state index contributed by atoms with van der Waals surface area (Å²) < 4.78 is 65.4. The Hall–Kier alpha value is -1.59. The SMILES string of the molecule is CC(=O)Nc1ccc(N=Nc2c(S(=O)(=O)O)cc3cc(S(=O)(=O)O)cc(O)c3c2O)c(C)c1.[Na].[Na]. The molecular formula is C19H17N3Na2O9S2. The Morgan fingerprint density at radius 3 is 2.06 bits per heavy atom. The van der Waals surface area contributed by atoms with E-state index < -0.39 is 47.2 Å². The molecule has 16 heteroatoms. The summed E-state index contributed by atoms with van der Waals surface area (Å²) >= 11 is 0. The molecule has 3 rings (SSSR count). The molecule has 0 aliphatic heterocycles. The number of phenolic OH excluding ortho intramolecular Hbond substituents is 2.